The number of hydrogen-bond donors (Lipinski definition) is 2. The third-order valence-corrected chi connectivity index (χ3v) is 2.11. The summed E-state index contributed by atoms with van der Waals surface area (Å²) in [4.78, 5) is 13.3. The number of hydrogen-bond acceptors (Lipinski definition) is 3. The highest BCUT2D eigenvalue weighted by atomic mass is 16.3. The summed E-state index contributed by atoms with van der Waals surface area (Å²) in [6, 6.07) is -0.429. The predicted molar refractivity (Wildman–Crippen MR) is 56.8 cm³/mol. The maximum atomic E-state index is 11.7. The van der Waals surface area contributed by atoms with Crippen LogP contribution in [0.1, 0.15) is 27.2 Å². The van der Waals surface area contributed by atoms with Crippen molar-refractivity contribution in [3.8, 4) is 0 Å². The van der Waals surface area contributed by atoms with Gasteiger partial charge in [-0.1, -0.05) is 13.8 Å². The van der Waals surface area contributed by atoms with Crippen LogP contribution >= 0.6 is 0 Å². The van der Waals surface area contributed by atoms with E-state index in [0.717, 1.165) is 0 Å². The fourth-order valence-electron chi connectivity index (χ4n) is 1.39. The minimum Gasteiger partial charge on any atom is -0.395 e. The molecule has 3 N–H and O–H groups in total. The maximum absolute atomic E-state index is 11.7. The normalized spacial score (nSPS) is 13.0. The van der Waals surface area contributed by atoms with Crippen LogP contribution in [0.15, 0.2) is 0 Å². The van der Waals surface area contributed by atoms with Gasteiger partial charge in [-0.05, 0) is 19.3 Å². The van der Waals surface area contributed by atoms with Gasteiger partial charge in [0.2, 0.25) is 5.91 Å². The Balaban J connectivity index is 4.12. The Kier molecular flexibility index (Phi) is 6.49. The molecule has 0 radical (unpaired) electrons. The molecule has 0 unspecified atom stereocenters. The SMILES string of the molecule is CCN(CCO)C(=O)[C@@H](N)CC(C)C. The monoisotopic (exact) mass is 202 g/mol. The maximum Gasteiger partial charge on any atom is 0.239 e. The van der Waals surface area contributed by atoms with E-state index in [0.29, 0.717) is 25.4 Å². The first-order valence-corrected chi connectivity index (χ1v) is 5.18. The summed E-state index contributed by atoms with van der Waals surface area (Å²) >= 11 is 0. The van der Waals surface area contributed by atoms with E-state index in [-0.39, 0.29) is 12.5 Å². The van der Waals surface area contributed by atoms with Gasteiger partial charge < -0.3 is 15.7 Å². The molecule has 0 aromatic rings. The Morgan fingerprint density at radius 3 is 2.43 bits per heavy atom. The third kappa shape index (κ3) is 4.58. The molecule has 14 heavy (non-hydrogen) atoms. The Bertz CT molecular complexity index is 172. The van der Waals surface area contributed by atoms with E-state index in [2.05, 4.69) is 0 Å². The molecule has 0 saturated carbocycles. The van der Waals surface area contributed by atoms with E-state index in [4.69, 9.17) is 10.8 Å². The standard InChI is InChI=1S/C10H22N2O2/c1-4-12(5-6-13)10(14)9(11)7-8(2)3/h8-9,13H,4-7,11H2,1-3H3/t9-/m0/s1. The first kappa shape index (κ1) is 13.4. The fourth-order valence-corrected chi connectivity index (χ4v) is 1.39. The summed E-state index contributed by atoms with van der Waals surface area (Å²) in [5, 5.41) is 8.75. The molecule has 0 fully saturated rings. The van der Waals surface area contributed by atoms with Crippen LogP contribution in [0, 0.1) is 5.92 Å². The molecule has 0 aliphatic carbocycles. The minimum atomic E-state index is -0.429. The number of carbonyl (C=O) groups is 1. The van der Waals surface area contributed by atoms with Gasteiger partial charge in [0, 0.05) is 13.1 Å². The number of aliphatic hydroxyl groups is 1. The molecule has 4 nitrogen and oxygen atoms in total. The quantitative estimate of drug-likeness (QED) is 0.646. The topological polar surface area (TPSA) is 66.6 Å². The number of amides is 1. The zero-order valence-corrected chi connectivity index (χ0v) is 9.36. The second-order valence-corrected chi connectivity index (χ2v) is 3.88. The zero-order chi connectivity index (χ0) is 11.1. The average molecular weight is 202 g/mol. The van der Waals surface area contributed by atoms with Gasteiger partial charge in [0.1, 0.15) is 0 Å². The summed E-state index contributed by atoms with van der Waals surface area (Å²) in [7, 11) is 0. The zero-order valence-electron chi connectivity index (χ0n) is 9.36. The van der Waals surface area contributed by atoms with Crippen molar-refractivity contribution < 1.29 is 9.90 Å². The number of nitrogens with zero attached hydrogens (tertiary/aromatic N) is 1. The average Bonchev–Trinajstić information content (AvgIpc) is 2.12. The lowest BCUT2D eigenvalue weighted by Crippen LogP contribution is -2.45. The first-order valence-electron chi connectivity index (χ1n) is 5.18. The summed E-state index contributed by atoms with van der Waals surface area (Å²) in [5.41, 5.74) is 5.75. The molecule has 1 amide bonds. The molecule has 84 valence electrons. The molecule has 0 bridgehead atoms. The first-order chi connectivity index (χ1) is 6.52. The third-order valence-electron chi connectivity index (χ3n) is 2.11. The molecule has 4 heteroatoms. The number of carbonyl (C=O) groups excluding carboxylic acids is 1. The lowest BCUT2D eigenvalue weighted by atomic mass is 10.0. The van der Waals surface area contributed by atoms with Gasteiger partial charge in [0.25, 0.3) is 0 Å². The molecule has 0 aliphatic rings. The molecule has 0 spiro atoms. The van der Waals surface area contributed by atoms with Crippen molar-refractivity contribution in [2.75, 3.05) is 19.7 Å². The molecule has 0 heterocycles. The van der Waals surface area contributed by atoms with Gasteiger partial charge in [0.15, 0.2) is 0 Å². The second-order valence-electron chi connectivity index (χ2n) is 3.88. The highest BCUT2D eigenvalue weighted by Crippen LogP contribution is 2.05. The lowest BCUT2D eigenvalue weighted by molar-refractivity contribution is -0.133. The van der Waals surface area contributed by atoms with E-state index in [1.165, 1.54) is 0 Å². The molecule has 0 aliphatic heterocycles. The highest BCUT2D eigenvalue weighted by molar-refractivity contribution is 5.81. The van der Waals surface area contributed by atoms with Crippen LogP contribution in [0.3, 0.4) is 0 Å². The van der Waals surface area contributed by atoms with Crippen molar-refractivity contribution >= 4 is 5.91 Å². The van der Waals surface area contributed by atoms with Gasteiger partial charge in [0.05, 0.1) is 12.6 Å². The largest absolute Gasteiger partial charge is 0.395 e. The summed E-state index contributed by atoms with van der Waals surface area (Å²) < 4.78 is 0. The molecule has 1 atom stereocenters. The molecule has 0 aromatic heterocycles. The van der Waals surface area contributed by atoms with Crippen molar-refractivity contribution in [2.45, 2.75) is 33.2 Å². The van der Waals surface area contributed by atoms with Crippen molar-refractivity contribution in [3.05, 3.63) is 0 Å². The van der Waals surface area contributed by atoms with Crippen LogP contribution in [0.4, 0.5) is 0 Å². The minimum absolute atomic E-state index is 0.00597. The summed E-state index contributed by atoms with van der Waals surface area (Å²) in [5.74, 6) is 0.358. The molecule has 0 aromatic carbocycles. The molecule has 0 saturated heterocycles. The van der Waals surface area contributed by atoms with E-state index in [1.807, 2.05) is 20.8 Å². The second kappa shape index (κ2) is 6.79. The molecular weight excluding hydrogens is 180 g/mol. The number of aliphatic hydroxyl groups excluding tert-OH is 1. The summed E-state index contributed by atoms with van der Waals surface area (Å²) in [6.45, 7) is 6.93. The van der Waals surface area contributed by atoms with Crippen LogP contribution in [-0.4, -0.2) is 41.7 Å². The van der Waals surface area contributed by atoms with Crippen molar-refractivity contribution in [1.82, 2.24) is 4.90 Å². The lowest BCUT2D eigenvalue weighted by Gasteiger charge is -2.24. The van der Waals surface area contributed by atoms with Gasteiger partial charge in [-0.2, -0.15) is 0 Å². The highest BCUT2D eigenvalue weighted by Gasteiger charge is 2.19. The van der Waals surface area contributed by atoms with Crippen molar-refractivity contribution in [2.24, 2.45) is 11.7 Å². The van der Waals surface area contributed by atoms with Gasteiger partial charge in [-0.3, -0.25) is 4.79 Å². The van der Waals surface area contributed by atoms with Crippen LogP contribution < -0.4 is 5.73 Å². The predicted octanol–water partition coefficient (Wildman–Crippen LogP) is 0.201. The Morgan fingerprint density at radius 1 is 1.50 bits per heavy atom. The van der Waals surface area contributed by atoms with Crippen LogP contribution in [0.5, 0.6) is 0 Å². The summed E-state index contributed by atoms with van der Waals surface area (Å²) in [6.07, 6.45) is 0.695. The van der Waals surface area contributed by atoms with E-state index >= 15 is 0 Å². The van der Waals surface area contributed by atoms with Gasteiger partial charge in [-0.15, -0.1) is 0 Å². The molecule has 0 rings (SSSR count). The number of nitrogens with two attached hydrogens (primary N) is 1. The van der Waals surface area contributed by atoms with Gasteiger partial charge >= 0.3 is 0 Å². The van der Waals surface area contributed by atoms with Crippen molar-refractivity contribution in [3.63, 3.8) is 0 Å². The van der Waals surface area contributed by atoms with E-state index in [9.17, 15) is 4.79 Å². The Morgan fingerprint density at radius 2 is 2.07 bits per heavy atom. The van der Waals surface area contributed by atoms with E-state index < -0.39 is 6.04 Å². The number of rotatable bonds is 6. The fraction of sp³-hybridized carbons (Fsp3) is 0.900. The van der Waals surface area contributed by atoms with Crippen LogP contribution in [-0.2, 0) is 4.79 Å². The number of likely N-dealkylation sites (N-methyl/N-ethyl adjacent to an activating group) is 1. The van der Waals surface area contributed by atoms with Crippen molar-refractivity contribution in [1.29, 1.82) is 0 Å². The molecular formula is C10H22N2O2. The van der Waals surface area contributed by atoms with Crippen LogP contribution in [0.25, 0.3) is 0 Å². The van der Waals surface area contributed by atoms with E-state index in [1.54, 1.807) is 4.90 Å². The van der Waals surface area contributed by atoms with Gasteiger partial charge in [-0.25, -0.2) is 0 Å². The Labute approximate surface area is 86.1 Å². The smallest absolute Gasteiger partial charge is 0.239 e. The Hall–Kier alpha value is -0.610. The van der Waals surface area contributed by atoms with Crippen LogP contribution in [0.2, 0.25) is 0 Å².